The predicted octanol–water partition coefficient (Wildman–Crippen LogP) is 4.05. The van der Waals surface area contributed by atoms with Crippen molar-refractivity contribution in [1.29, 1.82) is 0 Å². The summed E-state index contributed by atoms with van der Waals surface area (Å²) in [4.78, 5) is 2.39. The normalized spacial score (nSPS) is 27.8. The Morgan fingerprint density at radius 3 is 2.90 bits per heavy atom. The van der Waals surface area contributed by atoms with Gasteiger partial charge in [0.1, 0.15) is 11.4 Å². The molecule has 0 saturated carbocycles. The lowest BCUT2D eigenvalue weighted by Gasteiger charge is -2.42. The Morgan fingerprint density at radius 2 is 2.05 bits per heavy atom. The van der Waals surface area contributed by atoms with Crippen molar-refractivity contribution in [3.05, 3.63) is 64.7 Å². The van der Waals surface area contributed by atoms with Gasteiger partial charge in [0.15, 0.2) is 0 Å². The lowest BCUT2D eigenvalue weighted by atomic mass is 9.74. The number of nitrogens with zero attached hydrogens (tertiary/aromatic N) is 1. The average molecular weight is 300 g/mol. The molecule has 0 N–H and O–H groups in total. The second kappa shape index (κ2) is 4.75. The van der Waals surface area contributed by atoms with Gasteiger partial charge >= 0.3 is 0 Å². The first kappa shape index (κ1) is 13.2. The summed E-state index contributed by atoms with van der Waals surface area (Å²) >= 11 is 6.23. The van der Waals surface area contributed by atoms with Crippen LogP contribution in [0.15, 0.2) is 48.5 Å². The number of benzene rings is 2. The molecule has 108 valence electrons. The Hall–Kier alpha value is -1.51. The summed E-state index contributed by atoms with van der Waals surface area (Å²) in [6, 6.07) is 16.6. The fourth-order valence-electron chi connectivity index (χ4n) is 3.77. The van der Waals surface area contributed by atoms with Gasteiger partial charge in [0.05, 0.1) is 0 Å². The molecule has 2 aromatic rings. The van der Waals surface area contributed by atoms with E-state index >= 15 is 0 Å². The smallest absolute Gasteiger partial charge is 0.143 e. The molecule has 1 saturated heterocycles. The molecule has 0 radical (unpaired) electrons. The Labute approximate surface area is 130 Å². The average Bonchev–Trinajstić information content (AvgIpc) is 2.82. The first-order valence-corrected chi connectivity index (χ1v) is 7.79. The minimum Gasteiger partial charge on any atom is -0.482 e. The van der Waals surface area contributed by atoms with E-state index in [0.717, 1.165) is 30.3 Å². The molecule has 2 nitrogen and oxygen atoms in total. The van der Waals surface area contributed by atoms with Crippen LogP contribution in [0.3, 0.4) is 0 Å². The van der Waals surface area contributed by atoms with Crippen molar-refractivity contribution in [3.63, 3.8) is 0 Å². The summed E-state index contributed by atoms with van der Waals surface area (Å²) in [5.41, 5.74) is 2.26. The summed E-state index contributed by atoms with van der Waals surface area (Å²) in [6.45, 7) is 2.06. The SMILES string of the molecule is CN1CC[C@]2(c3cccc(Cl)c3)Oc3ccccc3[C@@H]2C1. The van der Waals surface area contributed by atoms with Gasteiger partial charge in [0.2, 0.25) is 0 Å². The summed E-state index contributed by atoms with van der Waals surface area (Å²) < 4.78 is 6.50. The second-order valence-electron chi connectivity index (χ2n) is 6.10. The largest absolute Gasteiger partial charge is 0.482 e. The van der Waals surface area contributed by atoms with Crippen molar-refractivity contribution in [1.82, 2.24) is 4.90 Å². The highest BCUT2D eigenvalue weighted by atomic mass is 35.5. The molecule has 0 bridgehead atoms. The van der Waals surface area contributed by atoms with E-state index < -0.39 is 0 Å². The number of piperidine rings is 1. The lowest BCUT2D eigenvalue weighted by molar-refractivity contribution is 0.00703. The number of rotatable bonds is 1. The van der Waals surface area contributed by atoms with Gasteiger partial charge in [-0.3, -0.25) is 0 Å². The lowest BCUT2D eigenvalue weighted by Crippen LogP contribution is -2.47. The van der Waals surface area contributed by atoms with Crippen LogP contribution in [0, 0.1) is 0 Å². The highest BCUT2D eigenvalue weighted by molar-refractivity contribution is 6.30. The molecular weight excluding hydrogens is 282 g/mol. The van der Waals surface area contributed by atoms with E-state index in [2.05, 4.69) is 42.3 Å². The monoisotopic (exact) mass is 299 g/mol. The van der Waals surface area contributed by atoms with E-state index in [9.17, 15) is 0 Å². The Bertz CT molecular complexity index is 686. The quantitative estimate of drug-likeness (QED) is 0.788. The Balaban J connectivity index is 1.87. The molecule has 3 heteroatoms. The van der Waals surface area contributed by atoms with Gasteiger partial charge in [0, 0.05) is 36.0 Å². The molecule has 2 aliphatic rings. The second-order valence-corrected chi connectivity index (χ2v) is 6.54. The predicted molar refractivity (Wildman–Crippen MR) is 85.1 cm³/mol. The van der Waals surface area contributed by atoms with Gasteiger partial charge in [-0.15, -0.1) is 0 Å². The highest BCUT2D eigenvalue weighted by Crippen LogP contribution is 2.54. The summed E-state index contributed by atoms with van der Waals surface area (Å²) in [5, 5.41) is 0.777. The zero-order valence-electron chi connectivity index (χ0n) is 12.1. The summed E-state index contributed by atoms with van der Waals surface area (Å²) in [6.07, 6.45) is 0.989. The maximum atomic E-state index is 6.50. The molecule has 21 heavy (non-hydrogen) atoms. The maximum absolute atomic E-state index is 6.50. The molecule has 0 spiro atoms. The molecule has 0 aromatic heterocycles. The number of fused-ring (bicyclic) bond motifs is 3. The fourth-order valence-corrected chi connectivity index (χ4v) is 3.96. The van der Waals surface area contributed by atoms with Gasteiger partial charge in [-0.1, -0.05) is 41.9 Å². The number of hydrogen-bond donors (Lipinski definition) is 0. The zero-order chi connectivity index (χ0) is 14.4. The third kappa shape index (κ3) is 1.97. The first-order chi connectivity index (χ1) is 10.2. The van der Waals surface area contributed by atoms with Gasteiger partial charge in [0.25, 0.3) is 0 Å². The van der Waals surface area contributed by atoms with Crippen molar-refractivity contribution in [2.24, 2.45) is 0 Å². The molecule has 0 aliphatic carbocycles. The van der Waals surface area contributed by atoms with Crippen LogP contribution in [0.1, 0.15) is 23.5 Å². The van der Waals surface area contributed by atoms with Crippen LogP contribution in [0.5, 0.6) is 5.75 Å². The fraction of sp³-hybridized carbons (Fsp3) is 0.333. The van der Waals surface area contributed by atoms with Crippen LogP contribution in [-0.4, -0.2) is 25.0 Å². The number of ether oxygens (including phenoxy) is 1. The van der Waals surface area contributed by atoms with Gasteiger partial charge in [-0.25, -0.2) is 0 Å². The van der Waals surface area contributed by atoms with E-state index in [0.29, 0.717) is 5.92 Å². The molecule has 1 fully saturated rings. The molecular formula is C18H18ClNO. The van der Waals surface area contributed by atoms with Crippen LogP contribution < -0.4 is 4.74 Å². The zero-order valence-corrected chi connectivity index (χ0v) is 12.8. The summed E-state index contributed by atoms with van der Waals surface area (Å²) in [7, 11) is 2.18. The topological polar surface area (TPSA) is 12.5 Å². The Morgan fingerprint density at radius 1 is 1.19 bits per heavy atom. The third-order valence-electron chi connectivity index (χ3n) is 4.82. The Kier molecular flexibility index (Phi) is 2.98. The van der Waals surface area contributed by atoms with Crippen LogP contribution in [0.25, 0.3) is 0 Å². The van der Waals surface area contributed by atoms with E-state index in [-0.39, 0.29) is 5.60 Å². The van der Waals surface area contributed by atoms with Crippen LogP contribution >= 0.6 is 11.6 Å². The number of para-hydroxylation sites is 1. The van der Waals surface area contributed by atoms with Crippen molar-refractivity contribution in [3.8, 4) is 5.75 Å². The molecule has 2 aliphatic heterocycles. The standard InChI is InChI=1S/C18H18ClNO/c1-20-10-9-18(13-5-4-6-14(19)11-13)16(12-20)15-7-2-3-8-17(15)21-18/h2-8,11,16H,9-10,12H2,1H3/t16-,18+/m0/s1. The van der Waals surface area contributed by atoms with Crippen molar-refractivity contribution >= 4 is 11.6 Å². The first-order valence-electron chi connectivity index (χ1n) is 7.41. The van der Waals surface area contributed by atoms with E-state index in [1.54, 1.807) is 0 Å². The van der Waals surface area contributed by atoms with Crippen LogP contribution in [0.4, 0.5) is 0 Å². The van der Waals surface area contributed by atoms with Crippen LogP contribution in [0.2, 0.25) is 5.02 Å². The minimum absolute atomic E-state index is 0.263. The molecule has 2 atom stereocenters. The summed E-state index contributed by atoms with van der Waals surface area (Å²) in [5.74, 6) is 1.39. The van der Waals surface area contributed by atoms with Gasteiger partial charge in [-0.05, 0) is 30.8 Å². The van der Waals surface area contributed by atoms with Crippen LogP contribution in [-0.2, 0) is 5.60 Å². The maximum Gasteiger partial charge on any atom is 0.143 e. The molecule has 2 aromatic carbocycles. The van der Waals surface area contributed by atoms with Crippen molar-refractivity contribution in [2.45, 2.75) is 17.9 Å². The van der Waals surface area contributed by atoms with E-state index in [1.807, 2.05) is 18.2 Å². The molecule has 2 heterocycles. The van der Waals surface area contributed by atoms with Crippen molar-refractivity contribution < 1.29 is 4.74 Å². The minimum atomic E-state index is -0.263. The number of hydrogen-bond acceptors (Lipinski definition) is 2. The number of likely N-dealkylation sites (N-methyl/N-ethyl adjacent to an activating group) is 1. The van der Waals surface area contributed by atoms with E-state index in [1.165, 1.54) is 11.1 Å². The number of halogens is 1. The van der Waals surface area contributed by atoms with E-state index in [4.69, 9.17) is 16.3 Å². The number of likely N-dealkylation sites (tertiary alicyclic amines) is 1. The molecule has 0 amide bonds. The third-order valence-corrected chi connectivity index (χ3v) is 5.06. The van der Waals surface area contributed by atoms with Crippen molar-refractivity contribution in [2.75, 3.05) is 20.1 Å². The molecule has 4 rings (SSSR count). The van der Waals surface area contributed by atoms with Gasteiger partial charge < -0.3 is 9.64 Å². The highest BCUT2D eigenvalue weighted by Gasteiger charge is 2.51. The molecule has 0 unspecified atom stereocenters. The van der Waals surface area contributed by atoms with Gasteiger partial charge in [-0.2, -0.15) is 0 Å².